The van der Waals surface area contributed by atoms with Gasteiger partial charge in [-0.1, -0.05) is 12.1 Å². The molecule has 3 rings (SSSR count). The monoisotopic (exact) mass is 303 g/mol. The third kappa shape index (κ3) is 2.53. The summed E-state index contributed by atoms with van der Waals surface area (Å²) in [7, 11) is 0. The molecule has 114 valence electrons. The van der Waals surface area contributed by atoms with Crippen LogP contribution in [0.15, 0.2) is 36.4 Å². The molecule has 0 spiro atoms. The molecule has 0 aliphatic heterocycles. The number of aliphatic hydroxyl groups is 1. The number of anilines is 1. The lowest BCUT2D eigenvalue weighted by Gasteiger charge is -2.09. The zero-order chi connectivity index (χ0) is 15.7. The summed E-state index contributed by atoms with van der Waals surface area (Å²) in [5, 5.41) is 9.05. The first-order valence-corrected chi connectivity index (χ1v) is 6.92. The number of aromatic nitrogens is 2. The number of benzene rings is 2. The van der Waals surface area contributed by atoms with Gasteiger partial charge in [0.25, 0.3) is 0 Å². The Morgan fingerprint density at radius 1 is 1.14 bits per heavy atom. The minimum absolute atomic E-state index is 0.000279. The maximum atomic E-state index is 13.5. The summed E-state index contributed by atoms with van der Waals surface area (Å²) < 4.78 is 28.7. The van der Waals surface area contributed by atoms with Crippen LogP contribution < -0.4 is 5.73 Å². The number of hydrogen-bond donors (Lipinski definition) is 2. The van der Waals surface area contributed by atoms with Gasteiger partial charge >= 0.3 is 0 Å². The van der Waals surface area contributed by atoms with Gasteiger partial charge in [0.05, 0.1) is 11.0 Å². The van der Waals surface area contributed by atoms with Gasteiger partial charge in [-0.25, -0.2) is 13.8 Å². The van der Waals surface area contributed by atoms with Crippen molar-refractivity contribution < 1.29 is 13.9 Å². The van der Waals surface area contributed by atoms with Gasteiger partial charge in [-0.15, -0.1) is 0 Å². The van der Waals surface area contributed by atoms with Crippen molar-refractivity contribution in [3.05, 3.63) is 48.0 Å². The molecule has 0 amide bonds. The fourth-order valence-corrected chi connectivity index (χ4v) is 2.47. The quantitative estimate of drug-likeness (QED) is 0.728. The van der Waals surface area contributed by atoms with Crippen LogP contribution in [0.1, 0.15) is 6.42 Å². The van der Waals surface area contributed by atoms with Crippen LogP contribution in [-0.2, 0) is 6.54 Å². The Labute approximate surface area is 125 Å². The molecule has 3 N–H and O–H groups in total. The van der Waals surface area contributed by atoms with Crippen molar-refractivity contribution >= 4 is 16.7 Å². The summed E-state index contributed by atoms with van der Waals surface area (Å²) in [4.78, 5) is 4.40. The van der Waals surface area contributed by atoms with E-state index in [1.54, 1.807) is 22.8 Å². The molecule has 0 unspecified atom stereocenters. The van der Waals surface area contributed by atoms with Crippen molar-refractivity contribution in [2.24, 2.45) is 0 Å². The Bertz CT molecular complexity index is 830. The van der Waals surface area contributed by atoms with E-state index >= 15 is 0 Å². The molecular weight excluding hydrogens is 288 g/mol. The van der Waals surface area contributed by atoms with E-state index in [0.717, 1.165) is 17.7 Å². The standard InChI is InChI=1S/C16H15F2N3O/c17-12-8-14-15(9-13(12)18)21(5-2-6-22)16(20-14)10-3-1-4-11(19)7-10/h1,3-4,7-9,22H,2,5-6,19H2. The van der Waals surface area contributed by atoms with Gasteiger partial charge in [-0.3, -0.25) is 0 Å². The largest absolute Gasteiger partial charge is 0.399 e. The van der Waals surface area contributed by atoms with Crippen molar-refractivity contribution in [1.82, 2.24) is 9.55 Å². The first-order chi connectivity index (χ1) is 10.6. The molecule has 22 heavy (non-hydrogen) atoms. The van der Waals surface area contributed by atoms with Crippen LogP contribution >= 0.6 is 0 Å². The van der Waals surface area contributed by atoms with Crippen LogP contribution in [0.4, 0.5) is 14.5 Å². The van der Waals surface area contributed by atoms with Crippen LogP contribution in [-0.4, -0.2) is 21.3 Å². The van der Waals surface area contributed by atoms with Crippen LogP contribution in [0.5, 0.6) is 0 Å². The number of fused-ring (bicyclic) bond motifs is 1. The molecule has 0 fully saturated rings. The Morgan fingerprint density at radius 2 is 1.91 bits per heavy atom. The summed E-state index contributed by atoms with van der Waals surface area (Å²) in [5.74, 6) is -1.28. The molecule has 0 radical (unpaired) electrons. The second-order valence-corrected chi connectivity index (χ2v) is 5.04. The number of nitrogens with two attached hydrogens (primary N) is 1. The Balaban J connectivity index is 2.23. The Kier molecular flexibility index (Phi) is 3.77. The first-order valence-electron chi connectivity index (χ1n) is 6.92. The molecule has 0 atom stereocenters. The third-order valence-corrected chi connectivity index (χ3v) is 3.47. The fraction of sp³-hybridized carbons (Fsp3) is 0.188. The van der Waals surface area contributed by atoms with Gasteiger partial charge < -0.3 is 15.4 Å². The zero-order valence-electron chi connectivity index (χ0n) is 11.8. The molecule has 3 aromatic rings. The highest BCUT2D eigenvalue weighted by molar-refractivity contribution is 5.81. The smallest absolute Gasteiger partial charge is 0.161 e. The lowest BCUT2D eigenvalue weighted by molar-refractivity contribution is 0.281. The summed E-state index contributed by atoms with van der Waals surface area (Å²) >= 11 is 0. The van der Waals surface area contributed by atoms with E-state index in [-0.39, 0.29) is 6.61 Å². The Morgan fingerprint density at radius 3 is 2.64 bits per heavy atom. The Hall–Kier alpha value is -2.47. The minimum Gasteiger partial charge on any atom is -0.399 e. The molecule has 0 bridgehead atoms. The van der Waals surface area contributed by atoms with E-state index in [4.69, 9.17) is 10.8 Å². The average molecular weight is 303 g/mol. The molecule has 0 saturated heterocycles. The number of nitrogen functional groups attached to an aromatic ring is 1. The number of imidazole rings is 1. The number of rotatable bonds is 4. The molecule has 0 aliphatic carbocycles. The van der Waals surface area contributed by atoms with Crippen molar-refractivity contribution in [3.63, 3.8) is 0 Å². The maximum Gasteiger partial charge on any atom is 0.161 e. The topological polar surface area (TPSA) is 64.1 Å². The molecule has 1 aromatic heterocycles. The van der Waals surface area contributed by atoms with Crippen LogP contribution in [0.2, 0.25) is 0 Å². The summed E-state index contributed by atoms with van der Waals surface area (Å²) in [6, 6.07) is 9.34. The molecule has 1 heterocycles. The number of hydrogen-bond acceptors (Lipinski definition) is 3. The highest BCUT2D eigenvalue weighted by Gasteiger charge is 2.15. The number of halogens is 2. The minimum atomic E-state index is -0.932. The van der Waals surface area contributed by atoms with Gasteiger partial charge in [0.2, 0.25) is 0 Å². The van der Waals surface area contributed by atoms with E-state index in [0.29, 0.717) is 35.5 Å². The predicted molar refractivity (Wildman–Crippen MR) is 81.2 cm³/mol. The second kappa shape index (κ2) is 5.73. The lowest BCUT2D eigenvalue weighted by Crippen LogP contribution is -2.03. The van der Waals surface area contributed by atoms with E-state index in [2.05, 4.69) is 4.98 Å². The van der Waals surface area contributed by atoms with Crippen molar-refractivity contribution in [2.45, 2.75) is 13.0 Å². The molecule has 4 nitrogen and oxygen atoms in total. The summed E-state index contributed by atoms with van der Waals surface area (Å²) in [5.41, 5.74) is 7.99. The van der Waals surface area contributed by atoms with Crippen molar-refractivity contribution in [1.29, 1.82) is 0 Å². The second-order valence-electron chi connectivity index (χ2n) is 5.04. The van der Waals surface area contributed by atoms with Crippen molar-refractivity contribution in [2.75, 3.05) is 12.3 Å². The lowest BCUT2D eigenvalue weighted by atomic mass is 10.2. The molecule has 2 aromatic carbocycles. The van der Waals surface area contributed by atoms with Gasteiger partial charge in [0.1, 0.15) is 5.82 Å². The van der Waals surface area contributed by atoms with E-state index in [9.17, 15) is 8.78 Å². The van der Waals surface area contributed by atoms with E-state index in [1.165, 1.54) is 0 Å². The predicted octanol–water partition coefficient (Wildman–Crippen LogP) is 2.95. The summed E-state index contributed by atoms with van der Waals surface area (Å²) in [6.45, 7) is 0.446. The molecule has 6 heteroatoms. The highest BCUT2D eigenvalue weighted by Crippen LogP contribution is 2.27. The fourth-order valence-electron chi connectivity index (χ4n) is 2.47. The molecular formula is C16H15F2N3O. The third-order valence-electron chi connectivity index (χ3n) is 3.47. The van der Waals surface area contributed by atoms with Gasteiger partial charge in [0.15, 0.2) is 11.6 Å². The first kappa shape index (κ1) is 14.5. The number of aryl methyl sites for hydroxylation is 1. The van der Waals surface area contributed by atoms with Crippen LogP contribution in [0.25, 0.3) is 22.4 Å². The van der Waals surface area contributed by atoms with Gasteiger partial charge in [-0.2, -0.15) is 0 Å². The summed E-state index contributed by atoms with van der Waals surface area (Å²) in [6.07, 6.45) is 0.486. The average Bonchev–Trinajstić information content (AvgIpc) is 2.83. The van der Waals surface area contributed by atoms with E-state index < -0.39 is 11.6 Å². The van der Waals surface area contributed by atoms with Gasteiger partial charge in [0, 0.05) is 36.5 Å². The van der Waals surface area contributed by atoms with Crippen LogP contribution in [0.3, 0.4) is 0 Å². The van der Waals surface area contributed by atoms with Crippen LogP contribution in [0, 0.1) is 11.6 Å². The van der Waals surface area contributed by atoms with E-state index in [1.807, 2.05) is 6.07 Å². The van der Waals surface area contributed by atoms with Crippen molar-refractivity contribution in [3.8, 4) is 11.4 Å². The number of aliphatic hydroxyl groups excluding tert-OH is 1. The maximum absolute atomic E-state index is 13.5. The molecule has 0 aliphatic rings. The molecule has 0 saturated carbocycles. The zero-order valence-corrected chi connectivity index (χ0v) is 11.8. The SMILES string of the molecule is Nc1cccc(-c2nc3cc(F)c(F)cc3n2CCCO)c1. The van der Waals surface area contributed by atoms with Gasteiger partial charge in [-0.05, 0) is 18.6 Å². The highest BCUT2D eigenvalue weighted by atomic mass is 19.2. The number of nitrogens with zero attached hydrogens (tertiary/aromatic N) is 2. The normalized spacial score (nSPS) is 11.2.